The number of aromatic carboxylic acids is 1. The van der Waals surface area contributed by atoms with E-state index in [1.165, 1.54) is 16.7 Å². The van der Waals surface area contributed by atoms with Crippen molar-refractivity contribution in [2.45, 2.75) is 25.3 Å². The van der Waals surface area contributed by atoms with Crippen molar-refractivity contribution >= 4 is 34.5 Å². The Balaban J connectivity index is 1.40. The SMILES string of the molecule is O=C(O)c1cn(C2CC2)c2c(F)c(N3CCC(C/N=C/c4cccc([N+](=O)[O-])c4)C3)c(F)cc2c1=O. The molecule has 0 bridgehead atoms. The molecule has 2 aliphatic rings. The Kier molecular flexibility index (Phi) is 5.99. The number of hydrogen-bond acceptors (Lipinski definition) is 6. The van der Waals surface area contributed by atoms with Crippen LogP contribution in [-0.4, -0.2) is 46.4 Å². The van der Waals surface area contributed by atoms with Crippen LogP contribution in [0.3, 0.4) is 0 Å². The summed E-state index contributed by atoms with van der Waals surface area (Å²) in [5, 5.41) is 20.0. The number of nitro benzene ring substituents is 1. The fourth-order valence-electron chi connectivity index (χ4n) is 4.73. The number of fused-ring (bicyclic) bond motifs is 1. The van der Waals surface area contributed by atoms with E-state index >= 15 is 8.78 Å². The van der Waals surface area contributed by atoms with Crippen LogP contribution in [0.4, 0.5) is 20.2 Å². The van der Waals surface area contributed by atoms with E-state index in [-0.39, 0.29) is 34.2 Å². The van der Waals surface area contributed by atoms with Crippen LogP contribution in [-0.2, 0) is 0 Å². The first-order valence-electron chi connectivity index (χ1n) is 11.5. The van der Waals surface area contributed by atoms with Crippen LogP contribution < -0.4 is 10.3 Å². The lowest BCUT2D eigenvalue weighted by Gasteiger charge is -2.22. The summed E-state index contributed by atoms with van der Waals surface area (Å²) in [5.41, 5.74) is -1.17. The highest BCUT2D eigenvalue weighted by atomic mass is 19.1. The third-order valence-corrected chi connectivity index (χ3v) is 6.64. The molecule has 2 fully saturated rings. The molecule has 0 radical (unpaired) electrons. The van der Waals surface area contributed by atoms with Crippen molar-refractivity contribution in [2.24, 2.45) is 10.9 Å². The molecule has 9 nitrogen and oxygen atoms in total. The highest BCUT2D eigenvalue weighted by molar-refractivity contribution is 5.94. The Labute approximate surface area is 203 Å². The maximum atomic E-state index is 15.8. The number of hydrogen-bond donors (Lipinski definition) is 1. The zero-order valence-electron chi connectivity index (χ0n) is 19.1. The molecule has 1 aliphatic carbocycles. The van der Waals surface area contributed by atoms with Gasteiger partial charge in [0.25, 0.3) is 5.69 Å². The molecule has 2 heterocycles. The minimum absolute atomic E-state index is 0.00876. The van der Waals surface area contributed by atoms with E-state index in [9.17, 15) is 24.8 Å². The number of pyridine rings is 1. The van der Waals surface area contributed by atoms with Crippen LogP contribution in [0.25, 0.3) is 10.9 Å². The van der Waals surface area contributed by atoms with E-state index in [1.807, 2.05) is 0 Å². The summed E-state index contributed by atoms with van der Waals surface area (Å²) in [5.74, 6) is -3.21. The molecule has 186 valence electrons. The van der Waals surface area contributed by atoms with Gasteiger partial charge in [0.1, 0.15) is 17.1 Å². The summed E-state index contributed by atoms with van der Waals surface area (Å²) in [6.07, 6.45) is 4.78. The smallest absolute Gasteiger partial charge is 0.341 e. The van der Waals surface area contributed by atoms with Crippen molar-refractivity contribution in [1.82, 2.24) is 4.57 Å². The van der Waals surface area contributed by atoms with Crippen molar-refractivity contribution in [3.8, 4) is 0 Å². The third kappa shape index (κ3) is 4.32. The number of nitro groups is 1. The molecule has 3 aromatic rings. The molecule has 1 unspecified atom stereocenters. The molecule has 1 saturated carbocycles. The summed E-state index contributed by atoms with van der Waals surface area (Å²) in [6.45, 7) is 1.11. The number of aromatic nitrogens is 1. The van der Waals surface area contributed by atoms with Gasteiger partial charge >= 0.3 is 5.97 Å². The number of rotatable bonds is 7. The van der Waals surface area contributed by atoms with Crippen LogP contribution in [0.1, 0.15) is 41.2 Å². The van der Waals surface area contributed by atoms with E-state index in [4.69, 9.17) is 0 Å². The van der Waals surface area contributed by atoms with Crippen molar-refractivity contribution in [1.29, 1.82) is 0 Å². The summed E-state index contributed by atoms with van der Waals surface area (Å²) >= 11 is 0. The lowest BCUT2D eigenvalue weighted by molar-refractivity contribution is -0.384. The number of anilines is 1. The van der Waals surface area contributed by atoms with Crippen LogP contribution in [0.2, 0.25) is 0 Å². The predicted octanol–water partition coefficient (Wildman–Crippen LogP) is 4.17. The van der Waals surface area contributed by atoms with Gasteiger partial charge in [-0.05, 0) is 36.8 Å². The Bertz CT molecular complexity index is 1480. The summed E-state index contributed by atoms with van der Waals surface area (Å²) in [4.78, 5) is 40.6. The zero-order valence-corrected chi connectivity index (χ0v) is 19.1. The Morgan fingerprint density at radius 2 is 2.03 bits per heavy atom. The quantitative estimate of drug-likeness (QED) is 0.298. The highest BCUT2D eigenvalue weighted by Gasteiger charge is 2.32. The summed E-state index contributed by atoms with van der Waals surface area (Å²) in [7, 11) is 0. The normalized spacial score (nSPS) is 17.8. The molecule has 1 N–H and O–H groups in total. The van der Waals surface area contributed by atoms with Crippen molar-refractivity contribution < 1.29 is 23.6 Å². The largest absolute Gasteiger partial charge is 0.477 e. The molecule has 0 spiro atoms. The average molecular weight is 496 g/mol. The molecular formula is C25H22F2N4O5. The highest BCUT2D eigenvalue weighted by Crippen LogP contribution is 2.40. The third-order valence-electron chi connectivity index (χ3n) is 6.64. The molecule has 1 aromatic heterocycles. The standard InChI is InChI=1S/C25H22F2N4O5/c26-20-9-18-22(30(16-4-5-16)13-19(24(18)32)25(33)34)21(27)23(20)29-7-6-15(12-29)11-28-10-14-2-1-3-17(8-14)31(35)36/h1-3,8-10,13,15-16H,4-7,11-12H2,(H,33,34)/b28-10+. The number of nitrogens with zero attached hydrogens (tertiary/aromatic N) is 4. The Morgan fingerprint density at radius 1 is 1.25 bits per heavy atom. The van der Waals surface area contributed by atoms with Gasteiger partial charge in [-0.25, -0.2) is 13.6 Å². The number of non-ortho nitro benzene ring substituents is 1. The van der Waals surface area contributed by atoms with Crippen LogP contribution in [0, 0.1) is 27.7 Å². The van der Waals surface area contributed by atoms with Gasteiger partial charge in [0.15, 0.2) is 5.82 Å². The van der Waals surface area contributed by atoms with Crippen molar-refractivity contribution in [2.75, 3.05) is 24.5 Å². The monoisotopic (exact) mass is 496 g/mol. The minimum Gasteiger partial charge on any atom is -0.477 e. The Morgan fingerprint density at radius 3 is 2.72 bits per heavy atom. The maximum absolute atomic E-state index is 15.8. The molecule has 36 heavy (non-hydrogen) atoms. The van der Waals surface area contributed by atoms with Crippen molar-refractivity contribution in [3.63, 3.8) is 0 Å². The number of carboxylic acid groups (broad SMARTS) is 1. The van der Waals surface area contributed by atoms with Gasteiger partial charge in [-0.3, -0.25) is 19.9 Å². The number of aliphatic imine (C=N–C) groups is 1. The summed E-state index contributed by atoms with van der Waals surface area (Å²) < 4.78 is 32.4. The topological polar surface area (TPSA) is 118 Å². The van der Waals surface area contributed by atoms with Crippen molar-refractivity contribution in [3.05, 3.63) is 79.6 Å². The van der Waals surface area contributed by atoms with Gasteiger partial charge in [-0.1, -0.05) is 12.1 Å². The van der Waals surface area contributed by atoms with E-state index in [0.29, 0.717) is 31.6 Å². The molecule has 1 aliphatic heterocycles. The molecular weight excluding hydrogens is 474 g/mol. The summed E-state index contributed by atoms with van der Waals surface area (Å²) in [6, 6.07) is 6.89. The van der Waals surface area contributed by atoms with Gasteiger partial charge in [-0.2, -0.15) is 0 Å². The lowest BCUT2D eigenvalue weighted by Crippen LogP contribution is -2.25. The second-order valence-corrected chi connectivity index (χ2v) is 9.18. The van der Waals surface area contributed by atoms with Crippen LogP contribution in [0.15, 0.2) is 46.3 Å². The number of benzene rings is 2. The van der Waals surface area contributed by atoms with Crippen LogP contribution in [0.5, 0.6) is 0 Å². The van der Waals surface area contributed by atoms with Gasteiger partial charge in [-0.15, -0.1) is 0 Å². The van der Waals surface area contributed by atoms with Gasteiger partial charge in [0, 0.05) is 50.2 Å². The second kappa shape index (κ2) is 9.14. The average Bonchev–Trinajstić information content (AvgIpc) is 3.58. The van der Waals surface area contributed by atoms with Gasteiger partial charge in [0.2, 0.25) is 5.43 Å². The molecule has 0 amide bonds. The Hall–Kier alpha value is -4.15. The second-order valence-electron chi connectivity index (χ2n) is 9.18. The van der Waals surface area contributed by atoms with Gasteiger partial charge in [0.05, 0.1) is 15.8 Å². The molecule has 5 rings (SSSR count). The zero-order chi connectivity index (χ0) is 25.6. The molecule has 2 aromatic carbocycles. The fourth-order valence-corrected chi connectivity index (χ4v) is 4.73. The number of halogens is 2. The molecule has 11 heteroatoms. The predicted molar refractivity (Wildman–Crippen MR) is 129 cm³/mol. The first-order valence-corrected chi connectivity index (χ1v) is 11.5. The first-order chi connectivity index (χ1) is 17.2. The van der Waals surface area contributed by atoms with E-state index < -0.39 is 33.5 Å². The fraction of sp³-hybridized carbons (Fsp3) is 0.320. The molecule has 1 atom stereocenters. The maximum Gasteiger partial charge on any atom is 0.341 e. The van der Waals surface area contributed by atoms with Gasteiger partial charge < -0.3 is 14.6 Å². The minimum atomic E-state index is -1.44. The lowest BCUT2D eigenvalue weighted by atomic mass is 10.1. The number of carboxylic acids is 1. The van der Waals surface area contributed by atoms with E-state index in [2.05, 4.69) is 4.99 Å². The number of carbonyl (C=O) groups is 1. The van der Waals surface area contributed by atoms with E-state index in [1.54, 1.807) is 23.2 Å². The van der Waals surface area contributed by atoms with E-state index in [0.717, 1.165) is 25.1 Å². The van der Waals surface area contributed by atoms with Crippen LogP contribution >= 0.6 is 0 Å². The molecule has 1 saturated heterocycles. The first kappa shape index (κ1) is 23.6.